The molecule has 6 nitrogen and oxygen atoms in total. The number of methoxy groups -OCH3 is 1. The summed E-state index contributed by atoms with van der Waals surface area (Å²) in [7, 11) is 1.74. The van der Waals surface area contributed by atoms with Crippen molar-refractivity contribution in [2.75, 3.05) is 33.4 Å². The summed E-state index contributed by atoms with van der Waals surface area (Å²) >= 11 is 0. The second-order valence-electron chi connectivity index (χ2n) is 7.22. The largest absolute Gasteiger partial charge is 0.496 e. The van der Waals surface area contributed by atoms with Gasteiger partial charge in [-0.05, 0) is 44.9 Å². The van der Waals surface area contributed by atoms with E-state index in [0.717, 1.165) is 56.6 Å². The fourth-order valence-electron chi connectivity index (χ4n) is 3.69. The second-order valence-corrected chi connectivity index (χ2v) is 7.22. The summed E-state index contributed by atoms with van der Waals surface area (Å²) in [6.45, 7) is 7.76. The zero-order valence-electron chi connectivity index (χ0n) is 17.5. The highest BCUT2D eigenvalue weighted by atomic mass is 127. The third-order valence-electron chi connectivity index (χ3n) is 5.29. The number of rotatable bonds is 7. The molecule has 2 heterocycles. The summed E-state index contributed by atoms with van der Waals surface area (Å²) in [6, 6.07) is 10.2. The Bertz CT molecular complexity index is 772. The van der Waals surface area contributed by atoms with Crippen LogP contribution in [0.25, 0.3) is 0 Å². The number of hydrogen-bond donors (Lipinski definition) is 2. The molecule has 29 heavy (non-hydrogen) atoms. The van der Waals surface area contributed by atoms with E-state index in [1.54, 1.807) is 13.4 Å². The Balaban J connectivity index is 0.00000300. The fourth-order valence-corrected chi connectivity index (χ4v) is 3.69. The average Bonchev–Trinajstić information content (AvgIpc) is 3.24. The lowest BCUT2D eigenvalue weighted by Crippen LogP contribution is -2.48. The lowest BCUT2D eigenvalue weighted by atomic mass is 9.73. The van der Waals surface area contributed by atoms with Gasteiger partial charge in [-0.15, -0.1) is 24.0 Å². The van der Waals surface area contributed by atoms with Crippen LogP contribution < -0.4 is 15.4 Å². The van der Waals surface area contributed by atoms with Crippen LogP contribution in [0, 0.1) is 6.92 Å². The number of nitrogens with zero attached hydrogens (tertiary/aromatic N) is 1. The minimum Gasteiger partial charge on any atom is -0.496 e. The maximum absolute atomic E-state index is 5.70. The molecule has 0 saturated carbocycles. The van der Waals surface area contributed by atoms with Gasteiger partial charge in [0.2, 0.25) is 0 Å². The Morgan fingerprint density at radius 2 is 2.00 bits per heavy atom. The molecule has 0 atom stereocenters. The van der Waals surface area contributed by atoms with Gasteiger partial charge >= 0.3 is 0 Å². The van der Waals surface area contributed by atoms with Crippen molar-refractivity contribution in [3.05, 3.63) is 53.5 Å². The van der Waals surface area contributed by atoms with Gasteiger partial charge in [0, 0.05) is 37.3 Å². The number of furan rings is 1. The van der Waals surface area contributed by atoms with Crippen molar-refractivity contribution in [3.8, 4) is 5.75 Å². The molecule has 3 rings (SSSR count). The van der Waals surface area contributed by atoms with Gasteiger partial charge < -0.3 is 24.5 Å². The minimum absolute atomic E-state index is 0. The second kappa shape index (κ2) is 11.4. The van der Waals surface area contributed by atoms with Crippen LogP contribution in [-0.2, 0) is 16.7 Å². The van der Waals surface area contributed by atoms with E-state index < -0.39 is 0 Å². The van der Waals surface area contributed by atoms with E-state index in [1.807, 2.05) is 12.1 Å². The molecular formula is C22H32IN3O3. The first-order valence-electron chi connectivity index (χ1n) is 9.94. The van der Waals surface area contributed by atoms with E-state index in [2.05, 4.69) is 47.7 Å². The fraction of sp³-hybridized carbons (Fsp3) is 0.500. The van der Waals surface area contributed by atoms with Crippen LogP contribution in [0.2, 0.25) is 0 Å². The van der Waals surface area contributed by atoms with Crippen molar-refractivity contribution in [1.82, 2.24) is 10.6 Å². The third kappa shape index (κ3) is 6.12. The SMILES string of the molecule is CCNC(=NCc1ccco1)NCC1(c2cc(C)ccc2OC)CCOCC1.I. The molecule has 0 bridgehead atoms. The Morgan fingerprint density at radius 1 is 1.21 bits per heavy atom. The zero-order chi connectivity index (χ0) is 19.8. The van der Waals surface area contributed by atoms with Gasteiger partial charge in [0.15, 0.2) is 5.96 Å². The summed E-state index contributed by atoms with van der Waals surface area (Å²) < 4.78 is 16.8. The molecule has 1 aliphatic rings. The number of aliphatic imine (C=N–C) groups is 1. The molecular weight excluding hydrogens is 481 g/mol. The Hall–Kier alpha value is -1.74. The molecule has 1 fully saturated rings. The van der Waals surface area contributed by atoms with Crippen molar-refractivity contribution >= 4 is 29.9 Å². The van der Waals surface area contributed by atoms with Gasteiger partial charge in [-0.3, -0.25) is 0 Å². The predicted octanol–water partition coefficient (Wildman–Crippen LogP) is 4.02. The predicted molar refractivity (Wildman–Crippen MR) is 126 cm³/mol. The lowest BCUT2D eigenvalue weighted by molar-refractivity contribution is 0.0505. The van der Waals surface area contributed by atoms with E-state index in [1.165, 1.54) is 11.1 Å². The maximum Gasteiger partial charge on any atom is 0.191 e. The molecule has 1 aromatic carbocycles. The van der Waals surface area contributed by atoms with Crippen LogP contribution in [0.3, 0.4) is 0 Å². The van der Waals surface area contributed by atoms with Crippen LogP contribution in [0.5, 0.6) is 5.75 Å². The molecule has 0 unspecified atom stereocenters. The zero-order valence-corrected chi connectivity index (χ0v) is 19.8. The molecule has 7 heteroatoms. The van der Waals surface area contributed by atoms with Crippen molar-refractivity contribution in [2.45, 2.75) is 38.6 Å². The monoisotopic (exact) mass is 513 g/mol. The quantitative estimate of drug-likeness (QED) is 0.333. The molecule has 0 radical (unpaired) electrons. The number of benzene rings is 1. The number of hydrogen-bond acceptors (Lipinski definition) is 4. The van der Waals surface area contributed by atoms with Crippen LogP contribution in [-0.4, -0.2) is 39.4 Å². The minimum atomic E-state index is -0.0590. The maximum atomic E-state index is 5.70. The summed E-state index contributed by atoms with van der Waals surface area (Å²) in [4.78, 5) is 4.66. The van der Waals surface area contributed by atoms with E-state index >= 15 is 0 Å². The molecule has 0 aliphatic carbocycles. The van der Waals surface area contributed by atoms with Crippen molar-refractivity contribution in [1.29, 1.82) is 0 Å². The molecule has 1 saturated heterocycles. The number of halogens is 1. The van der Waals surface area contributed by atoms with E-state index in [4.69, 9.17) is 13.9 Å². The highest BCUT2D eigenvalue weighted by Crippen LogP contribution is 2.40. The highest BCUT2D eigenvalue weighted by Gasteiger charge is 2.37. The molecule has 2 aromatic rings. The van der Waals surface area contributed by atoms with Crippen LogP contribution in [0.4, 0.5) is 0 Å². The third-order valence-corrected chi connectivity index (χ3v) is 5.29. The lowest BCUT2D eigenvalue weighted by Gasteiger charge is -2.39. The Kier molecular flexibility index (Phi) is 9.29. The topological polar surface area (TPSA) is 68.0 Å². The molecule has 160 valence electrons. The van der Waals surface area contributed by atoms with Crippen molar-refractivity contribution < 1.29 is 13.9 Å². The van der Waals surface area contributed by atoms with Crippen LogP contribution in [0.15, 0.2) is 46.0 Å². The molecule has 2 N–H and O–H groups in total. The first-order valence-corrected chi connectivity index (χ1v) is 9.94. The van der Waals surface area contributed by atoms with Crippen LogP contribution >= 0.6 is 24.0 Å². The number of nitrogens with one attached hydrogen (secondary N) is 2. The molecule has 1 aromatic heterocycles. The smallest absolute Gasteiger partial charge is 0.191 e. The van der Waals surface area contributed by atoms with Gasteiger partial charge in [-0.2, -0.15) is 0 Å². The summed E-state index contributed by atoms with van der Waals surface area (Å²) in [5, 5.41) is 6.88. The Labute approximate surface area is 190 Å². The highest BCUT2D eigenvalue weighted by molar-refractivity contribution is 14.0. The van der Waals surface area contributed by atoms with Gasteiger partial charge in [-0.1, -0.05) is 17.7 Å². The summed E-state index contributed by atoms with van der Waals surface area (Å²) in [5.74, 6) is 2.57. The van der Waals surface area contributed by atoms with Gasteiger partial charge in [0.1, 0.15) is 18.1 Å². The normalized spacial score (nSPS) is 16.0. The van der Waals surface area contributed by atoms with E-state index in [9.17, 15) is 0 Å². The standard InChI is InChI=1S/C22H31N3O3.HI/c1-4-23-21(24-15-18-6-5-11-28-18)25-16-22(9-12-27-13-10-22)19-14-17(2)7-8-20(19)26-3;/h5-8,11,14H,4,9-10,12-13,15-16H2,1-3H3,(H2,23,24,25);1H. The van der Waals surface area contributed by atoms with E-state index in [0.29, 0.717) is 6.54 Å². The number of ether oxygens (including phenoxy) is 2. The first-order chi connectivity index (χ1) is 13.7. The Morgan fingerprint density at radius 3 is 2.66 bits per heavy atom. The van der Waals surface area contributed by atoms with Crippen molar-refractivity contribution in [2.24, 2.45) is 4.99 Å². The molecule has 1 aliphatic heterocycles. The first kappa shape index (κ1) is 23.5. The number of aryl methyl sites for hydroxylation is 1. The van der Waals surface area contributed by atoms with Crippen LogP contribution in [0.1, 0.15) is 36.7 Å². The number of guanidine groups is 1. The summed E-state index contributed by atoms with van der Waals surface area (Å²) in [5.41, 5.74) is 2.42. The van der Waals surface area contributed by atoms with Gasteiger partial charge in [0.05, 0.1) is 13.4 Å². The van der Waals surface area contributed by atoms with Gasteiger partial charge in [-0.25, -0.2) is 4.99 Å². The average molecular weight is 513 g/mol. The molecule has 0 spiro atoms. The van der Waals surface area contributed by atoms with E-state index in [-0.39, 0.29) is 29.4 Å². The van der Waals surface area contributed by atoms with Crippen molar-refractivity contribution in [3.63, 3.8) is 0 Å². The van der Waals surface area contributed by atoms with Gasteiger partial charge in [0.25, 0.3) is 0 Å². The molecule has 0 amide bonds. The summed E-state index contributed by atoms with van der Waals surface area (Å²) in [6.07, 6.45) is 3.56.